The molecule has 0 aliphatic carbocycles. The number of carbonyl (C=O) groups is 1. The number of aromatic amines is 1. The Bertz CT molecular complexity index is 320. The lowest BCUT2D eigenvalue weighted by Crippen LogP contribution is -2.35. The summed E-state index contributed by atoms with van der Waals surface area (Å²) in [6.07, 6.45) is 1.77. The molecule has 15 heavy (non-hydrogen) atoms. The van der Waals surface area contributed by atoms with Gasteiger partial charge in [-0.1, -0.05) is 6.92 Å². The lowest BCUT2D eigenvalue weighted by Gasteiger charge is -2.04. The zero-order valence-electron chi connectivity index (χ0n) is 9.08. The zero-order chi connectivity index (χ0) is 11.3. The van der Waals surface area contributed by atoms with Crippen molar-refractivity contribution in [1.82, 2.24) is 20.5 Å². The summed E-state index contributed by atoms with van der Waals surface area (Å²) in [4.78, 5) is 15.5. The Morgan fingerprint density at radius 1 is 1.67 bits per heavy atom. The highest BCUT2D eigenvalue weighted by molar-refractivity contribution is 5.90. The van der Waals surface area contributed by atoms with E-state index >= 15 is 0 Å². The molecule has 84 valence electrons. The summed E-state index contributed by atoms with van der Waals surface area (Å²) >= 11 is 0. The van der Waals surface area contributed by atoms with Gasteiger partial charge in [0.15, 0.2) is 0 Å². The van der Waals surface area contributed by atoms with E-state index in [1.165, 1.54) is 0 Å². The number of aryl methyl sites for hydroxylation is 1. The molecule has 0 spiro atoms. The van der Waals surface area contributed by atoms with E-state index in [0.29, 0.717) is 6.54 Å². The van der Waals surface area contributed by atoms with Crippen LogP contribution in [0.3, 0.4) is 0 Å². The maximum atomic E-state index is 11.5. The molecule has 0 radical (unpaired) electrons. The zero-order valence-corrected chi connectivity index (χ0v) is 9.08. The predicted molar refractivity (Wildman–Crippen MR) is 56.4 cm³/mol. The molecule has 1 heterocycles. The molecule has 0 saturated heterocycles. The molecule has 1 unspecified atom stereocenters. The highest BCUT2D eigenvalue weighted by Gasteiger charge is 2.11. The number of nitrogens with zero attached hydrogens (tertiary/aromatic N) is 2. The Morgan fingerprint density at radius 3 is 3.00 bits per heavy atom. The first kappa shape index (κ1) is 11.6. The minimum Gasteiger partial charge on any atom is -0.348 e. The van der Waals surface area contributed by atoms with Gasteiger partial charge >= 0.3 is 0 Å². The highest BCUT2D eigenvalue weighted by atomic mass is 16.2. The molecule has 1 aromatic heterocycles. The molecule has 0 aromatic carbocycles. The van der Waals surface area contributed by atoms with E-state index in [1.807, 2.05) is 13.8 Å². The average Bonchev–Trinajstić information content (AvgIpc) is 2.63. The van der Waals surface area contributed by atoms with Crippen LogP contribution in [0.2, 0.25) is 0 Å². The van der Waals surface area contributed by atoms with Gasteiger partial charge < -0.3 is 11.1 Å². The number of hydrogen-bond donors (Lipinski definition) is 3. The second kappa shape index (κ2) is 5.45. The summed E-state index contributed by atoms with van der Waals surface area (Å²) in [7, 11) is 0. The second-order valence-electron chi connectivity index (χ2n) is 3.54. The summed E-state index contributed by atoms with van der Waals surface area (Å²) < 4.78 is 0. The van der Waals surface area contributed by atoms with Gasteiger partial charge in [-0.25, -0.2) is 4.98 Å². The van der Waals surface area contributed by atoms with E-state index in [4.69, 9.17) is 5.73 Å². The van der Waals surface area contributed by atoms with Crippen LogP contribution in [-0.2, 0) is 6.42 Å². The molecule has 4 N–H and O–H groups in total. The number of rotatable bonds is 5. The molecule has 1 atom stereocenters. The topological polar surface area (TPSA) is 96.7 Å². The molecular weight excluding hydrogens is 194 g/mol. The number of aromatic nitrogens is 3. The van der Waals surface area contributed by atoms with Crippen molar-refractivity contribution < 1.29 is 4.79 Å². The lowest BCUT2D eigenvalue weighted by atomic mass is 10.3. The van der Waals surface area contributed by atoms with E-state index in [-0.39, 0.29) is 17.8 Å². The Balaban J connectivity index is 2.50. The summed E-state index contributed by atoms with van der Waals surface area (Å²) in [6.45, 7) is 4.29. The number of nitrogens with two attached hydrogens (primary N) is 1. The fraction of sp³-hybridized carbons (Fsp3) is 0.667. The predicted octanol–water partition coefficient (Wildman–Crippen LogP) is -0.166. The first-order valence-corrected chi connectivity index (χ1v) is 5.08. The molecule has 6 heteroatoms. The van der Waals surface area contributed by atoms with Crippen LogP contribution < -0.4 is 11.1 Å². The van der Waals surface area contributed by atoms with Crippen molar-refractivity contribution in [1.29, 1.82) is 0 Å². The maximum absolute atomic E-state index is 11.5. The Kier molecular flexibility index (Phi) is 4.23. The van der Waals surface area contributed by atoms with Crippen molar-refractivity contribution in [3.8, 4) is 0 Å². The van der Waals surface area contributed by atoms with E-state index in [9.17, 15) is 4.79 Å². The molecular formula is C9H17N5O. The van der Waals surface area contributed by atoms with E-state index in [0.717, 1.165) is 18.7 Å². The van der Waals surface area contributed by atoms with Crippen LogP contribution in [0.15, 0.2) is 0 Å². The fourth-order valence-corrected chi connectivity index (χ4v) is 1.08. The van der Waals surface area contributed by atoms with Crippen LogP contribution >= 0.6 is 0 Å². The highest BCUT2D eigenvalue weighted by Crippen LogP contribution is 1.96. The third-order valence-corrected chi connectivity index (χ3v) is 1.81. The lowest BCUT2D eigenvalue weighted by molar-refractivity contribution is 0.0941. The van der Waals surface area contributed by atoms with Gasteiger partial charge in [-0.05, 0) is 13.3 Å². The minimum atomic E-state index is -0.286. The van der Waals surface area contributed by atoms with Crippen molar-refractivity contribution in [3.63, 3.8) is 0 Å². The number of nitrogens with one attached hydrogen (secondary N) is 2. The fourth-order valence-electron chi connectivity index (χ4n) is 1.08. The third kappa shape index (κ3) is 3.67. The number of carbonyl (C=O) groups excluding carboxylic acids is 1. The third-order valence-electron chi connectivity index (χ3n) is 1.81. The SMILES string of the molecule is CCCc1nc(C(=O)NCC(C)N)n[nH]1. The van der Waals surface area contributed by atoms with Gasteiger partial charge in [0, 0.05) is 19.0 Å². The van der Waals surface area contributed by atoms with Crippen LogP contribution in [0.4, 0.5) is 0 Å². The van der Waals surface area contributed by atoms with Gasteiger partial charge in [-0.2, -0.15) is 0 Å². The first-order chi connectivity index (χ1) is 7.13. The molecule has 0 fully saturated rings. The molecule has 6 nitrogen and oxygen atoms in total. The van der Waals surface area contributed by atoms with Crippen molar-refractivity contribution in [2.24, 2.45) is 5.73 Å². The summed E-state index contributed by atoms with van der Waals surface area (Å²) in [5.74, 6) is 0.633. The number of H-pyrrole nitrogens is 1. The van der Waals surface area contributed by atoms with Crippen LogP contribution in [-0.4, -0.2) is 33.7 Å². The van der Waals surface area contributed by atoms with Crippen molar-refractivity contribution in [2.45, 2.75) is 32.7 Å². The van der Waals surface area contributed by atoms with Crippen LogP contribution in [0, 0.1) is 0 Å². The summed E-state index contributed by atoms with van der Waals surface area (Å²) in [5, 5.41) is 9.19. The quantitative estimate of drug-likeness (QED) is 0.630. The average molecular weight is 211 g/mol. The van der Waals surface area contributed by atoms with Gasteiger partial charge in [-0.3, -0.25) is 9.89 Å². The van der Waals surface area contributed by atoms with Crippen molar-refractivity contribution in [2.75, 3.05) is 6.54 Å². The summed E-state index contributed by atoms with van der Waals surface area (Å²) in [5.41, 5.74) is 5.51. The van der Waals surface area contributed by atoms with Crippen molar-refractivity contribution in [3.05, 3.63) is 11.6 Å². The van der Waals surface area contributed by atoms with Crippen LogP contribution in [0.5, 0.6) is 0 Å². The molecule has 1 amide bonds. The van der Waals surface area contributed by atoms with Crippen molar-refractivity contribution >= 4 is 5.91 Å². The number of amides is 1. The molecule has 0 aliphatic heterocycles. The molecule has 0 saturated carbocycles. The molecule has 0 aliphatic rings. The normalized spacial score (nSPS) is 12.5. The van der Waals surface area contributed by atoms with Crippen LogP contribution in [0.1, 0.15) is 36.7 Å². The molecule has 1 rings (SSSR count). The van der Waals surface area contributed by atoms with E-state index in [2.05, 4.69) is 20.5 Å². The van der Waals surface area contributed by atoms with Gasteiger partial charge in [0.1, 0.15) is 5.82 Å². The Morgan fingerprint density at radius 2 is 2.40 bits per heavy atom. The molecule has 0 bridgehead atoms. The smallest absolute Gasteiger partial charge is 0.291 e. The number of hydrogen-bond acceptors (Lipinski definition) is 4. The van der Waals surface area contributed by atoms with Gasteiger partial charge in [0.25, 0.3) is 5.91 Å². The van der Waals surface area contributed by atoms with E-state index in [1.54, 1.807) is 0 Å². The maximum Gasteiger partial charge on any atom is 0.291 e. The molecule has 1 aromatic rings. The summed E-state index contributed by atoms with van der Waals surface area (Å²) in [6, 6.07) is -0.0667. The Labute approximate surface area is 88.7 Å². The second-order valence-corrected chi connectivity index (χ2v) is 3.54. The first-order valence-electron chi connectivity index (χ1n) is 5.08. The largest absolute Gasteiger partial charge is 0.348 e. The van der Waals surface area contributed by atoms with Gasteiger partial charge in [0.2, 0.25) is 5.82 Å². The van der Waals surface area contributed by atoms with Gasteiger partial charge in [-0.15, -0.1) is 5.10 Å². The van der Waals surface area contributed by atoms with Gasteiger partial charge in [0.05, 0.1) is 0 Å². The standard InChI is InChI=1S/C9H17N5O/c1-3-4-7-12-8(14-13-7)9(15)11-5-6(2)10/h6H,3-5,10H2,1-2H3,(H,11,15)(H,12,13,14). The monoisotopic (exact) mass is 211 g/mol. The Hall–Kier alpha value is -1.43. The van der Waals surface area contributed by atoms with E-state index < -0.39 is 0 Å². The minimum absolute atomic E-state index is 0.0667. The van der Waals surface area contributed by atoms with Crippen LogP contribution in [0.25, 0.3) is 0 Å².